The molecule has 0 unspecified atom stereocenters. The number of nitrogens with zero attached hydrogens (tertiary/aromatic N) is 2. The molecule has 10 aromatic rings. The third kappa shape index (κ3) is 9.85. The maximum Gasteiger partial charge on any atom is 0.175 e. The molecular formula is C56H42N6S2. The first-order valence-corrected chi connectivity index (χ1v) is 21.7. The monoisotopic (exact) mass is 862 g/mol. The molecule has 10 aromatic carbocycles. The summed E-state index contributed by atoms with van der Waals surface area (Å²) in [6.07, 6.45) is 3.91. The third-order valence-electron chi connectivity index (χ3n) is 10.7. The Morgan fingerprint density at radius 1 is 0.328 bits per heavy atom. The number of anilines is 4. The van der Waals surface area contributed by atoms with E-state index in [0.717, 1.165) is 45.3 Å². The zero-order valence-electron chi connectivity index (χ0n) is 34.7. The van der Waals surface area contributed by atoms with Crippen LogP contribution < -0.4 is 21.3 Å². The van der Waals surface area contributed by atoms with Gasteiger partial charge < -0.3 is 21.3 Å². The fourth-order valence-electron chi connectivity index (χ4n) is 7.64. The summed E-state index contributed by atoms with van der Waals surface area (Å²) in [5.41, 5.74) is 7.44. The van der Waals surface area contributed by atoms with Gasteiger partial charge in [0.05, 0.1) is 22.7 Å². The number of hydrogen-bond donors (Lipinski definition) is 4. The predicted octanol–water partition coefficient (Wildman–Crippen LogP) is 15.1. The second-order valence-electron chi connectivity index (χ2n) is 14.9. The molecule has 8 heteroatoms. The van der Waals surface area contributed by atoms with E-state index in [9.17, 15) is 0 Å². The van der Waals surface area contributed by atoms with Crippen LogP contribution in [0.3, 0.4) is 0 Å². The molecule has 0 amide bonds. The van der Waals surface area contributed by atoms with Crippen molar-refractivity contribution in [2.75, 3.05) is 21.3 Å². The van der Waals surface area contributed by atoms with Gasteiger partial charge in [0.15, 0.2) is 10.2 Å². The van der Waals surface area contributed by atoms with E-state index in [1.54, 1.807) is 0 Å². The zero-order chi connectivity index (χ0) is 43.5. The van der Waals surface area contributed by atoms with Crippen LogP contribution in [-0.2, 0) is 0 Å². The Kier molecular flexibility index (Phi) is 12.8. The largest absolute Gasteiger partial charge is 0.332 e. The number of nitrogens with one attached hydrogen (secondary N) is 4. The Hall–Kier alpha value is -8.04. The maximum absolute atomic E-state index is 5.51. The number of thiocarbonyl (C=S) groups is 2. The predicted molar refractivity (Wildman–Crippen MR) is 283 cm³/mol. The number of aliphatic imine (C=N–C) groups is 2. The summed E-state index contributed by atoms with van der Waals surface area (Å²) in [5.74, 6) is 0. The highest BCUT2D eigenvalue weighted by Crippen LogP contribution is 2.32. The average molecular weight is 863 g/mol. The fourth-order valence-corrected chi connectivity index (χ4v) is 8.10. The summed E-state index contributed by atoms with van der Waals surface area (Å²) >= 11 is 11.0. The van der Waals surface area contributed by atoms with Crippen molar-refractivity contribution in [3.8, 4) is 0 Å². The van der Waals surface area contributed by atoms with Gasteiger partial charge in [0, 0.05) is 34.9 Å². The molecule has 0 atom stereocenters. The second kappa shape index (κ2) is 19.8. The summed E-state index contributed by atoms with van der Waals surface area (Å²) in [6, 6.07) is 73.7. The SMILES string of the molecule is S=C(Nc1ccccc1)Nc1ccccc1N=Cc1c2ccccc2cc2ccccc12.S=C(Nc1ccccc1)Nc1ccccc1N=Cc1c2ccccc2cc2ccccc12. The van der Waals surface area contributed by atoms with E-state index in [4.69, 9.17) is 34.4 Å². The summed E-state index contributed by atoms with van der Waals surface area (Å²) in [6.45, 7) is 0. The molecule has 0 bridgehead atoms. The third-order valence-corrected chi connectivity index (χ3v) is 11.1. The lowest BCUT2D eigenvalue weighted by Gasteiger charge is -2.12. The van der Waals surface area contributed by atoms with Gasteiger partial charge in [-0.25, -0.2) is 0 Å². The van der Waals surface area contributed by atoms with Gasteiger partial charge in [-0.2, -0.15) is 0 Å². The molecule has 0 saturated carbocycles. The van der Waals surface area contributed by atoms with Crippen molar-refractivity contribution >= 4 is 124 Å². The molecule has 64 heavy (non-hydrogen) atoms. The first kappa shape index (κ1) is 41.3. The molecule has 10 rings (SSSR count). The number of benzene rings is 10. The molecule has 4 N–H and O–H groups in total. The van der Waals surface area contributed by atoms with Crippen LogP contribution in [0.25, 0.3) is 43.1 Å². The summed E-state index contributed by atoms with van der Waals surface area (Å²) < 4.78 is 0. The molecule has 0 heterocycles. The topological polar surface area (TPSA) is 72.8 Å². The van der Waals surface area contributed by atoms with Crippen molar-refractivity contribution in [3.63, 3.8) is 0 Å². The number of fused-ring (bicyclic) bond motifs is 4. The quantitative estimate of drug-likeness (QED) is 0.0693. The number of rotatable bonds is 8. The molecule has 0 aliphatic carbocycles. The molecule has 0 aliphatic heterocycles. The Morgan fingerprint density at radius 3 is 0.984 bits per heavy atom. The standard InChI is InChI=1S/2C28H21N3S/c2*32-28(30-22-12-2-1-3-13-22)31-27-17-9-8-16-26(27)29-19-25-23-14-6-4-10-20(23)18-21-11-5-7-15-24(21)25/h2*1-19H,(H2,30,31,32). The lowest BCUT2D eigenvalue weighted by Crippen LogP contribution is -2.19. The van der Waals surface area contributed by atoms with E-state index in [2.05, 4.69) is 130 Å². The van der Waals surface area contributed by atoms with Crippen LogP contribution in [-0.4, -0.2) is 22.7 Å². The van der Waals surface area contributed by atoms with Crippen molar-refractivity contribution in [1.82, 2.24) is 0 Å². The van der Waals surface area contributed by atoms with Gasteiger partial charge in [-0.05, 0) is 128 Å². The zero-order valence-corrected chi connectivity index (χ0v) is 36.3. The Balaban J connectivity index is 0.000000162. The van der Waals surface area contributed by atoms with Crippen LogP contribution in [0.1, 0.15) is 11.1 Å². The van der Waals surface area contributed by atoms with Gasteiger partial charge in [-0.1, -0.05) is 158 Å². The smallest absolute Gasteiger partial charge is 0.175 e. The minimum Gasteiger partial charge on any atom is -0.332 e. The van der Waals surface area contributed by atoms with Gasteiger partial charge in [-0.15, -0.1) is 0 Å². The van der Waals surface area contributed by atoms with Gasteiger partial charge in [0.2, 0.25) is 0 Å². The van der Waals surface area contributed by atoms with Gasteiger partial charge >= 0.3 is 0 Å². The highest BCUT2D eigenvalue weighted by atomic mass is 32.1. The molecule has 0 saturated heterocycles. The fraction of sp³-hybridized carbons (Fsp3) is 0. The molecule has 0 fully saturated rings. The Labute approximate surface area is 383 Å². The van der Waals surface area contributed by atoms with Gasteiger partial charge in [0.25, 0.3) is 0 Å². The molecule has 0 aliphatic rings. The number of para-hydroxylation sites is 6. The van der Waals surface area contributed by atoms with Crippen molar-refractivity contribution in [2.24, 2.45) is 9.98 Å². The first-order chi connectivity index (χ1) is 31.6. The second-order valence-corrected chi connectivity index (χ2v) is 15.7. The van der Waals surface area contributed by atoms with Crippen molar-refractivity contribution in [2.45, 2.75) is 0 Å². The van der Waals surface area contributed by atoms with Crippen molar-refractivity contribution in [1.29, 1.82) is 0 Å². The summed E-state index contributed by atoms with van der Waals surface area (Å²) in [4.78, 5) is 9.72. The van der Waals surface area contributed by atoms with E-state index >= 15 is 0 Å². The maximum atomic E-state index is 5.51. The minimum absolute atomic E-state index is 0.523. The molecule has 0 radical (unpaired) electrons. The van der Waals surface area contributed by atoms with E-state index in [1.807, 2.05) is 122 Å². The van der Waals surface area contributed by atoms with E-state index in [1.165, 1.54) is 43.1 Å². The lowest BCUT2D eigenvalue weighted by molar-refractivity contribution is 1.51. The van der Waals surface area contributed by atoms with Crippen LogP contribution >= 0.6 is 24.4 Å². The average Bonchev–Trinajstić information content (AvgIpc) is 3.33. The highest BCUT2D eigenvalue weighted by molar-refractivity contribution is 7.81. The summed E-state index contributed by atoms with van der Waals surface area (Å²) in [5, 5.41) is 23.5. The van der Waals surface area contributed by atoms with E-state index < -0.39 is 0 Å². The van der Waals surface area contributed by atoms with Crippen LogP contribution in [0.4, 0.5) is 34.1 Å². The minimum atomic E-state index is 0.523. The van der Waals surface area contributed by atoms with Crippen LogP contribution in [0.5, 0.6) is 0 Å². The van der Waals surface area contributed by atoms with Gasteiger partial charge in [0.1, 0.15) is 0 Å². The Morgan fingerprint density at radius 2 is 0.625 bits per heavy atom. The molecular weight excluding hydrogens is 821 g/mol. The normalized spacial score (nSPS) is 11.1. The summed E-state index contributed by atoms with van der Waals surface area (Å²) in [7, 11) is 0. The van der Waals surface area contributed by atoms with E-state index in [-0.39, 0.29) is 0 Å². The van der Waals surface area contributed by atoms with Gasteiger partial charge in [-0.3, -0.25) is 9.98 Å². The van der Waals surface area contributed by atoms with Crippen LogP contribution in [0.2, 0.25) is 0 Å². The molecule has 0 aromatic heterocycles. The lowest BCUT2D eigenvalue weighted by atomic mass is 9.97. The Bertz CT molecular complexity index is 3000. The first-order valence-electron chi connectivity index (χ1n) is 20.9. The van der Waals surface area contributed by atoms with Crippen molar-refractivity contribution < 1.29 is 0 Å². The van der Waals surface area contributed by atoms with Crippen LogP contribution in [0.15, 0.2) is 228 Å². The number of hydrogen-bond acceptors (Lipinski definition) is 4. The van der Waals surface area contributed by atoms with Crippen molar-refractivity contribution in [3.05, 3.63) is 230 Å². The molecule has 0 spiro atoms. The molecule has 308 valence electrons. The molecule has 6 nitrogen and oxygen atoms in total. The highest BCUT2D eigenvalue weighted by Gasteiger charge is 2.09. The van der Waals surface area contributed by atoms with E-state index in [0.29, 0.717) is 10.2 Å². The van der Waals surface area contributed by atoms with Crippen LogP contribution in [0, 0.1) is 0 Å².